The first-order valence-corrected chi connectivity index (χ1v) is 6.30. The quantitative estimate of drug-likeness (QED) is 0.900. The van der Waals surface area contributed by atoms with E-state index in [-0.39, 0.29) is 11.1 Å². The maximum atomic E-state index is 13.4. The largest absolute Gasteiger partial charge is 0.423 e. The predicted molar refractivity (Wildman–Crippen MR) is 68.5 cm³/mol. The third kappa shape index (κ3) is 2.14. The molecule has 1 aromatic heterocycles. The van der Waals surface area contributed by atoms with Crippen LogP contribution in [-0.4, -0.2) is 24.0 Å². The molecule has 3 rings (SSSR count). The van der Waals surface area contributed by atoms with Gasteiger partial charge in [-0.25, -0.2) is 4.39 Å². The number of hydrogen-bond acceptors (Lipinski definition) is 4. The van der Waals surface area contributed by atoms with Crippen LogP contribution in [0.4, 0.5) is 10.4 Å². The minimum Gasteiger partial charge on any atom is -0.423 e. The molecule has 1 amide bonds. The van der Waals surface area contributed by atoms with Crippen LogP contribution in [0.2, 0.25) is 0 Å². The molecule has 1 aliphatic heterocycles. The highest BCUT2D eigenvalue weighted by atomic mass is 19.1. The molecular formula is C13H14FN3O2. The van der Waals surface area contributed by atoms with Crippen LogP contribution in [-0.2, 0) is 0 Å². The van der Waals surface area contributed by atoms with Crippen molar-refractivity contribution in [1.29, 1.82) is 0 Å². The average Bonchev–Trinajstić information content (AvgIpc) is 2.82. The Morgan fingerprint density at radius 2 is 2.05 bits per heavy atom. The predicted octanol–water partition coefficient (Wildman–Crippen LogP) is 2.06. The van der Waals surface area contributed by atoms with Gasteiger partial charge in [0.25, 0.3) is 11.9 Å². The number of benzene rings is 1. The molecule has 1 saturated heterocycles. The molecule has 0 unspecified atom stereocenters. The van der Waals surface area contributed by atoms with Gasteiger partial charge in [0.05, 0.1) is 5.56 Å². The van der Waals surface area contributed by atoms with Crippen LogP contribution in [0.25, 0.3) is 11.1 Å². The second-order valence-electron chi connectivity index (χ2n) is 4.71. The molecule has 1 aromatic carbocycles. The first-order valence-electron chi connectivity index (χ1n) is 6.30. The summed E-state index contributed by atoms with van der Waals surface area (Å²) >= 11 is 0. The summed E-state index contributed by atoms with van der Waals surface area (Å²) in [6, 6.07) is 2.76. The molecule has 0 atom stereocenters. The fourth-order valence-electron chi connectivity index (χ4n) is 2.39. The summed E-state index contributed by atoms with van der Waals surface area (Å²) in [4.78, 5) is 17.6. The zero-order valence-corrected chi connectivity index (χ0v) is 10.4. The molecule has 6 heteroatoms. The van der Waals surface area contributed by atoms with Gasteiger partial charge in [-0.05, 0) is 25.3 Å². The number of rotatable bonds is 2. The summed E-state index contributed by atoms with van der Waals surface area (Å²) in [6.45, 7) is 1.72. The van der Waals surface area contributed by atoms with Crippen molar-refractivity contribution in [1.82, 2.24) is 4.98 Å². The van der Waals surface area contributed by atoms with Gasteiger partial charge in [-0.15, -0.1) is 0 Å². The molecule has 19 heavy (non-hydrogen) atoms. The highest BCUT2D eigenvalue weighted by Crippen LogP contribution is 2.27. The maximum Gasteiger partial charge on any atom is 0.298 e. The van der Waals surface area contributed by atoms with Crippen LogP contribution < -0.4 is 10.6 Å². The second kappa shape index (κ2) is 4.53. The van der Waals surface area contributed by atoms with Crippen LogP contribution in [0, 0.1) is 5.82 Å². The number of piperidine rings is 1. The summed E-state index contributed by atoms with van der Waals surface area (Å²) in [5, 5.41) is 0. The lowest BCUT2D eigenvalue weighted by molar-refractivity contribution is 0.100. The monoisotopic (exact) mass is 263 g/mol. The van der Waals surface area contributed by atoms with E-state index in [0.29, 0.717) is 11.5 Å². The molecule has 2 N–H and O–H groups in total. The lowest BCUT2D eigenvalue weighted by Gasteiger charge is -2.24. The van der Waals surface area contributed by atoms with Gasteiger partial charge in [-0.1, -0.05) is 0 Å². The third-order valence-corrected chi connectivity index (χ3v) is 3.34. The maximum absolute atomic E-state index is 13.4. The molecule has 0 saturated carbocycles. The van der Waals surface area contributed by atoms with Gasteiger partial charge in [-0.3, -0.25) is 4.79 Å². The number of fused-ring (bicyclic) bond motifs is 1. The van der Waals surface area contributed by atoms with E-state index >= 15 is 0 Å². The fraction of sp³-hybridized carbons (Fsp3) is 0.385. The molecule has 0 bridgehead atoms. The molecule has 5 nitrogen and oxygen atoms in total. The van der Waals surface area contributed by atoms with E-state index in [1.165, 1.54) is 12.5 Å². The van der Waals surface area contributed by atoms with Gasteiger partial charge in [-0.2, -0.15) is 4.98 Å². The molecule has 2 heterocycles. The topological polar surface area (TPSA) is 72.4 Å². The SMILES string of the molecule is NC(=O)c1cc(F)cc2nc(N3CCCCC3)oc12. The molecule has 0 spiro atoms. The number of hydrogen-bond donors (Lipinski definition) is 1. The first kappa shape index (κ1) is 12.0. The van der Waals surface area contributed by atoms with Crippen LogP contribution in [0.15, 0.2) is 16.5 Å². The Morgan fingerprint density at radius 3 is 2.74 bits per heavy atom. The number of aromatic nitrogens is 1. The second-order valence-corrected chi connectivity index (χ2v) is 4.71. The molecule has 2 aromatic rings. The molecular weight excluding hydrogens is 249 g/mol. The Bertz CT molecular complexity index is 632. The number of nitrogens with two attached hydrogens (primary N) is 1. The number of primary amides is 1. The Hall–Kier alpha value is -2.11. The van der Waals surface area contributed by atoms with Gasteiger partial charge in [0.2, 0.25) is 0 Å². The summed E-state index contributed by atoms with van der Waals surface area (Å²) < 4.78 is 19.0. The minimum absolute atomic E-state index is 0.0331. The van der Waals surface area contributed by atoms with Crippen LogP contribution in [0.3, 0.4) is 0 Å². The number of nitrogens with zero attached hydrogens (tertiary/aromatic N) is 2. The van der Waals surface area contributed by atoms with Gasteiger partial charge >= 0.3 is 0 Å². The van der Waals surface area contributed by atoms with Crippen molar-refractivity contribution in [2.75, 3.05) is 18.0 Å². The number of anilines is 1. The van der Waals surface area contributed by atoms with E-state index in [4.69, 9.17) is 10.2 Å². The van der Waals surface area contributed by atoms with Crippen LogP contribution in [0.1, 0.15) is 29.6 Å². The van der Waals surface area contributed by atoms with E-state index in [9.17, 15) is 9.18 Å². The van der Waals surface area contributed by atoms with E-state index in [0.717, 1.165) is 32.0 Å². The Balaban J connectivity index is 2.09. The third-order valence-electron chi connectivity index (χ3n) is 3.34. The van der Waals surface area contributed by atoms with E-state index < -0.39 is 11.7 Å². The van der Waals surface area contributed by atoms with Gasteiger partial charge in [0, 0.05) is 19.2 Å². The van der Waals surface area contributed by atoms with Crippen LogP contribution >= 0.6 is 0 Å². The molecule has 1 aliphatic rings. The van der Waals surface area contributed by atoms with E-state index in [2.05, 4.69) is 4.98 Å². The highest BCUT2D eigenvalue weighted by Gasteiger charge is 2.20. The molecule has 1 fully saturated rings. The van der Waals surface area contributed by atoms with Crippen molar-refractivity contribution in [2.24, 2.45) is 5.73 Å². The minimum atomic E-state index is -0.717. The fourth-order valence-corrected chi connectivity index (χ4v) is 2.39. The van der Waals surface area contributed by atoms with Gasteiger partial charge in [0.1, 0.15) is 11.3 Å². The summed E-state index contributed by atoms with van der Waals surface area (Å²) in [7, 11) is 0. The normalized spacial score (nSPS) is 15.9. The number of halogens is 1. The zero-order valence-electron chi connectivity index (χ0n) is 10.4. The van der Waals surface area contributed by atoms with E-state index in [1.807, 2.05) is 4.90 Å². The summed E-state index contributed by atoms with van der Waals surface area (Å²) in [5.41, 5.74) is 5.85. The van der Waals surface area contributed by atoms with Crippen molar-refractivity contribution in [3.05, 3.63) is 23.5 Å². The Morgan fingerprint density at radius 1 is 1.32 bits per heavy atom. The molecule has 0 aliphatic carbocycles. The number of carbonyl (C=O) groups excluding carboxylic acids is 1. The van der Waals surface area contributed by atoms with Crippen molar-refractivity contribution in [2.45, 2.75) is 19.3 Å². The Labute approximate surface area is 109 Å². The first-order chi connectivity index (χ1) is 9.15. The standard InChI is InChI=1S/C13H14FN3O2/c14-8-6-9(12(15)18)11-10(7-8)16-13(19-11)17-4-2-1-3-5-17/h6-7H,1-5H2,(H2,15,18). The smallest absolute Gasteiger partial charge is 0.298 e. The highest BCUT2D eigenvalue weighted by molar-refractivity contribution is 6.03. The summed E-state index contributed by atoms with van der Waals surface area (Å²) in [5.74, 6) is -1.26. The van der Waals surface area contributed by atoms with Gasteiger partial charge in [0.15, 0.2) is 5.58 Å². The Kier molecular flexibility index (Phi) is 2.85. The number of oxazole rings is 1. The zero-order chi connectivity index (χ0) is 13.4. The van der Waals surface area contributed by atoms with E-state index in [1.54, 1.807) is 0 Å². The number of amides is 1. The van der Waals surface area contributed by atoms with Crippen molar-refractivity contribution < 1.29 is 13.6 Å². The van der Waals surface area contributed by atoms with Crippen molar-refractivity contribution >= 4 is 23.0 Å². The number of carbonyl (C=O) groups is 1. The molecule has 0 radical (unpaired) electrons. The van der Waals surface area contributed by atoms with Crippen molar-refractivity contribution in [3.8, 4) is 0 Å². The lowest BCUT2D eigenvalue weighted by Crippen LogP contribution is -2.29. The summed E-state index contributed by atoms with van der Waals surface area (Å²) in [6.07, 6.45) is 3.35. The lowest BCUT2D eigenvalue weighted by atomic mass is 10.1. The average molecular weight is 263 g/mol. The van der Waals surface area contributed by atoms with Crippen LogP contribution in [0.5, 0.6) is 0 Å². The van der Waals surface area contributed by atoms with Gasteiger partial charge < -0.3 is 15.1 Å². The van der Waals surface area contributed by atoms with Crippen molar-refractivity contribution in [3.63, 3.8) is 0 Å². The molecule has 100 valence electrons.